The van der Waals surface area contributed by atoms with E-state index in [-0.39, 0.29) is 29.6 Å². The molecule has 2 rings (SSSR count). The summed E-state index contributed by atoms with van der Waals surface area (Å²) in [6.45, 7) is 2.60. The second-order valence-corrected chi connectivity index (χ2v) is 6.28. The molecule has 2 N–H and O–H groups in total. The van der Waals surface area contributed by atoms with Crippen LogP contribution in [0.4, 0.5) is 5.69 Å². The van der Waals surface area contributed by atoms with Crippen molar-refractivity contribution in [2.75, 3.05) is 25.9 Å². The first-order chi connectivity index (χ1) is 10.6. The van der Waals surface area contributed by atoms with E-state index in [1.165, 1.54) is 30.7 Å². The van der Waals surface area contributed by atoms with Gasteiger partial charge in [0.1, 0.15) is 5.56 Å². The van der Waals surface area contributed by atoms with Crippen LogP contribution in [-0.2, 0) is 0 Å². The van der Waals surface area contributed by atoms with Gasteiger partial charge in [-0.25, -0.2) is 0 Å². The van der Waals surface area contributed by atoms with E-state index in [4.69, 9.17) is 0 Å². The molecule has 8 heteroatoms. The minimum atomic E-state index is -0.510. The molecule has 0 bridgehead atoms. The Balaban J connectivity index is 0.00000264. The minimum absolute atomic E-state index is 0. The Kier molecular flexibility index (Phi) is 8.36. The number of hydrogen-bond acceptors (Lipinski definition) is 5. The van der Waals surface area contributed by atoms with Crippen molar-refractivity contribution >= 4 is 35.8 Å². The molecule has 128 valence electrons. The second-order valence-electron chi connectivity index (χ2n) is 5.40. The molecule has 23 heavy (non-hydrogen) atoms. The van der Waals surface area contributed by atoms with Gasteiger partial charge < -0.3 is 10.6 Å². The number of hydrogen-bond donors (Lipinski definition) is 2. The van der Waals surface area contributed by atoms with Gasteiger partial charge >= 0.3 is 0 Å². The highest BCUT2D eigenvalue weighted by atomic mass is 35.5. The predicted molar refractivity (Wildman–Crippen MR) is 94.7 cm³/mol. The summed E-state index contributed by atoms with van der Waals surface area (Å²) < 4.78 is 0. The molecular formula is C15H22ClN3O3S. The van der Waals surface area contributed by atoms with Crippen LogP contribution in [0.15, 0.2) is 23.1 Å². The Morgan fingerprint density at radius 3 is 2.91 bits per heavy atom. The number of carbonyl (C=O) groups excluding carboxylic acids is 1. The quantitative estimate of drug-likeness (QED) is 0.463. The maximum atomic E-state index is 12.2. The summed E-state index contributed by atoms with van der Waals surface area (Å²) in [4.78, 5) is 23.6. The number of thioether (sulfide) groups is 1. The minimum Gasteiger partial charge on any atom is -0.352 e. The van der Waals surface area contributed by atoms with Gasteiger partial charge in [0.2, 0.25) is 0 Å². The van der Waals surface area contributed by atoms with Gasteiger partial charge in [-0.2, -0.15) is 0 Å². The molecule has 0 saturated carbocycles. The Bertz CT molecular complexity index is 551. The number of halogens is 1. The molecule has 0 aliphatic carbocycles. The van der Waals surface area contributed by atoms with E-state index < -0.39 is 4.92 Å². The SMILES string of the molecule is CSc1ccc([N+](=O)[O-])c(C(=O)NCCC2CCCNC2)c1.Cl. The van der Waals surface area contributed by atoms with Crippen molar-refractivity contribution in [2.24, 2.45) is 5.92 Å². The van der Waals surface area contributed by atoms with E-state index in [0.29, 0.717) is 12.5 Å². The number of amides is 1. The van der Waals surface area contributed by atoms with Gasteiger partial charge in [-0.05, 0) is 56.7 Å². The van der Waals surface area contributed by atoms with Gasteiger partial charge in [0.25, 0.3) is 11.6 Å². The van der Waals surface area contributed by atoms with Crippen molar-refractivity contribution < 1.29 is 9.72 Å². The van der Waals surface area contributed by atoms with Crippen molar-refractivity contribution in [3.8, 4) is 0 Å². The summed E-state index contributed by atoms with van der Waals surface area (Å²) in [6.07, 6.45) is 5.11. The molecule has 0 aromatic heterocycles. The number of benzene rings is 1. The smallest absolute Gasteiger partial charge is 0.282 e. The first kappa shape index (κ1) is 19.7. The van der Waals surface area contributed by atoms with E-state index in [9.17, 15) is 14.9 Å². The second kappa shape index (κ2) is 9.75. The number of piperidine rings is 1. The molecule has 1 unspecified atom stereocenters. The van der Waals surface area contributed by atoms with Gasteiger partial charge in [0.15, 0.2) is 0 Å². The highest BCUT2D eigenvalue weighted by molar-refractivity contribution is 7.98. The van der Waals surface area contributed by atoms with Crippen LogP contribution in [0.25, 0.3) is 0 Å². The van der Waals surface area contributed by atoms with Crippen LogP contribution < -0.4 is 10.6 Å². The van der Waals surface area contributed by atoms with E-state index >= 15 is 0 Å². The first-order valence-electron chi connectivity index (χ1n) is 7.43. The fourth-order valence-electron chi connectivity index (χ4n) is 2.64. The lowest BCUT2D eigenvalue weighted by Crippen LogP contribution is -2.33. The zero-order valence-corrected chi connectivity index (χ0v) is 14.7. The number of rotatable bonds is 6. The van der Waals surface area contributed by atoms with Crippen LogP contribution in [0.2, 0.25) is 0 Å². The predicted octanol–water partition coefficient (Wildman–Crippen LogP) is 2.86. The molecular weight excluding hydrogens is 338 g/mol. The van der Waals surface area contributed by atoms with Gasteiger partial charge in [0.05, 0.1) is 4.92 Å². The van der Waals surface area contributed by atoms with Gasteiger partial charge in [0, 0.05) is 17.5 Å². The van der Waals surface area contributed by atoms with Crippen LogP contribution in [-0.4, -0.2) is 36.7 Å². The maximum absolute atomic E-state index is 12.2. The Labute approximate surface area is 146 Å². The number of nitro groups is 1. The van der Waals surface area contributed by atoms with Gasteiger partial charge in [-0.3, -0.25) is 14.9 Å². The fraction of sp³-hybridized carbons (Fsp3) is 0.533. The standard InChI is InChI=1S/C15H21N3O3S.ClH/c1-22-12-4-5-14(18(20)21)13(9-12)15(19)17-8-6-11-3-2-7-16-10-11;/h4-5,9,11,16H,2-3,6-8,10H2,1H3,(H,17,19);1H. The maximum Gasteiger partial charge on any atom is 0.282 e. The molecule has 0 radical (unpaired) electrons. The molecule has 0 spiro atoms. The van der Waals surface area contributed by atoms with Crippen LogP contribution >= 0.6 is 24.2 Å². The zero-order chi connectivity index (χ0) is 15.9. The Morgan fingerprint density at radius 1 is 1.52 bits per heavy atom. The third-order valence-electron chi connectivity index (χ3n) is 3.88. The number of carbonyl (C=O) groups is 1. The average molecular weight is 360 g/mol. The Hall–Kier alpha value is -1.31. The summed E-state index contributed by atoms with van der Waals surface area (Å²) in [7, 11) is 0. The molecule has 1 aliphatic heterocycles. The van der Waals surface area contributed by atoms with Crippen LogP contribution in [0.1, 0.15) is 29.6 Å². The number of nitro benzene ring substituents is 1. The van der Waals surface area contributed by atoms with Crippen molar-refractivity contribution in [3.05, 3.63) is 33.9 Å². The molecule has 1 saturated heterocycles. The summed E-state index contributed by atoms with van der Waals surface area (Å²) in [5.41, 5.74) is -0.00625. The van der Waals surface area contributed by atoms with E-state index in [2.05, 4.69) is 10.6 Å². The molecule has 1 aromatic carbocycles. The van der Waals surface area contributed by atoms with Crippen molar-refractivity contribution in [3.63, 3.8) is 0 Å². The largest absolute Gasteiger partial charge is 0.352 e. The topological polar surface area (TPSA) is 84.3 Å². The lowest BCUT2D eigenvalue weighted by atomic mass is 9.96. The molecule has 1 heterocycles. The third kappa shape index (κ3) is 5.67. The highest BCUT2D eigenvalue weighted by Gasteiger charge is 2.21. The average Bonchev–Trinajstić information content (AvgIpc) is 2.55. The molecule has 6 nitrogen and oxygen atoms in total. The summed E-state index contributed by atoms with van der Waals surface area (Å²) >= 11 is 1.46. The summed E-state index contributed by atoms with van der Waals surface area (Å²) in [5, 5.41) is 17.2. The van der Waals surface area contributed by atoms with Gasteiger partial charge in [-0.15, -0.1) is 24.2 Å². The number of nitrogens with one attached hydrogen (secondary N) is 2. The summed E-state index contributed by atoms with van der Waals surface area (Å²) in [5.74, 6) is 0.202. The lowest BCUT2D eigenvalue weighted by molar-refractivity contribution is -0.385. The third-order valence-corrected chi connectivity index (χ3v) is 4.61. The highest BCUT2D eigenvalue weighted by Crippen LogP contribution is 2.24. The van der Waals surface area contributed by atoms with E-state index in [1.54, 1.807) is 12.1 Å². The van der Waals surface area contributed by atoms with Crippen molar-refractivity contribution in [1.82, 2.24) is 10.6 Å². The van der Waals surface area contributed by atoms with Crippen LogP contribution in [0.3, 0.4) is 0 Å². The van der Waals surface area contributed by atoms with E-state index in [1.807, 2.05) is 6.26 Å². The molecule has 1 atom stereocenters. The molecule has 1 fully saturated rings. The van der Waals surface area contributed by atoms with Crippen LogP contribution in [0.5, 0.6) is 0 Å². The normalized spacial score (nSPS) is 17.2. The summed E-state index contributed by atoms with van der Waals surface area (Å²) in [6, 6.07) is 4.64. The number of nitrogens with zero attached hydrogens (tertiary/aromatic N) is 1. The first-order valence-corrected chi connectivity index (χ1v) is 8.65. The monoisotopic (exact) mass is 359 g/mol. The Morgan fingerprint density at radius 2 is 2.30 bits per heavy atom. The van der Waals surface area contributed by atoms with Crippen LogP contribution in [0, 0.1) is 16.0 Å². The zero-order valence-electron chi connectivity index (χ0n) is 13.0. The fourth-order valence-corrected chi connectivity index (χ4v) is 3.08. The lowest BCUT2D eigenvalue weighted by Gasteiger charge is -2.22. The molecule has 1 aromatic rings. The van der Waals surface area contributed by atoms with Crippen molar-refractivity contribution in [1.29, 1.82) is 0 Å². The molecule has 1 aliphatic rings. The van der Waals surface area contributed by atoms with E-state index in [0.717, 1.165) is 24.4 Å². The van der Waals surface area contributed by atoms with Crippen molar-refractivity contribution in [2.45, 2.75) is 24.2 Å². The van der Waals surface area contributed by atoms with Gasteiger partial charge in [-0.1, -0.05) is 0 Å². The molecule has 1 amide bonds.